The number of para-hydroxylation sites is 1. The van der Waals surface area contributed by atoms with E-state index in [2.05, 4.69) is 5.32 Å². The molecule has 1 unspecified atom stereocenters. The maximum atomic E-state index is 12.3. The van der Waals surface area contributed by atoms with E-state index in [9.17, 15) is 26.4 Å². The molecule has 3 rings (SSSR count). The Kier molecular flexibility index (Phi) is 5.11. The van der Waals surface area contributed by atoms with E-state index in [0.29, 0.717) is 17.9 Å². The van der Waals surface area contributed by atoms with Gasteiger partial charge in [-0.05, 0) is 35.9 Å². The summed E-state index contributed by atoms with van der Waals surface area (Å²) in [6.45, 7) is -1.66. The summed E-state index contributed by atoms with van der Waals surface area (Å²) in [5, 5.41) is 2.59. The SMILES string of the molecule is O=C(Nc1ccc(S(=O)(=O)NCC(F)(F)F)cc1)C1Cc2ccccc2O1. The van der Waals surface area contributed by atoms with E-state index in [1.807, 2.05) is 12.1 Å². The van der Waals surface area contributed by atoms with Crippen LogP contribution in [0.5, 0.6) is 5.75 Å². The van der Waals surface area contributed by atoms with E-state index in [1.165, 1.54) is 16.9 Å². The summed E-state index contributed by atoms with van der Waals surface area (Å²) >= 11 is 0. The molecular formula is C17H15F3N2O4S. The Hall–Kier alpha value is -2.59. The van der Waals surface area contributed by atoms with Crippen molar-refractivity contribution in [1.82, 2.24) is 4.72 Å². The van der Waals surface area contributed by atoms with E-state index in [1.54, 1.807) is 12.1 Å². The van der Waals surface area contributed by atoms with Crippen LogP contribution in [0.15, 0.2) is 53.4 Å². The van der Waals surface area contributed by atoms with E-state index >= 15 is 0 Å². The van der Waals surface area contributed by atoms with Crippen LogP contribution >= 0.6 is 0 Å². The summed E-state index contributed by atoms with van der Waals surface area (Å²) in [4.78, 5) is 11.9. The van der Waals surface area contributed by atoms with Crippen LogP contribution in [0.1, 0.15) is 5.56 Å². The van der Waals surface area contributed by atoms with Gasteiger partial charge in [0.05, 0.1) is 4.90 Å². The Morgan fingerprint density at radius 1 is 1.11 bits per heavy atom. The number of fused-ring (bicyclic) bond motifs is 1. The molecule has 0 saturated heterocycles. The number of alkyl halides is 3. The zero-order valence-corrected chi connectivity index (χ0v) is 14.6. The van der Waals surface area contributed by atoms with Crippen LogP contribution in [0.3, 0.4) is 0 Å². The average Bonchev–Trinajstić information content (AvgIpc) is 3.04. The molecule has 144 valence electrons. The highest BCUT2D eigenvalue weighted by Crippen LogP contribution is 2.28. The molecule has 2 aromatic carbocycles. The van der Waals surface area contributed by atoms with Crippen LogP contribution in [0, 0.1) is 0 Å². The molecule has 1 aliphatic rings. The topological polar surface area (TPSA) is 84.5 Å². The number of ether oxygens (including phenoxy) is 1. The molecule has 0 aliphatic carbocycles. The Balaban J connectivity index is 1.62. The molecule has 0 saturated carbocycles. The molecule has 10 heteroatoms. The summed E-state index contributed by atoms with van der Waals surface area (Å²) in [5.74, 6) is 0.229. The van der Waals surface area contributed by atoms with E-state index < -0.39 is 34.8 Å². The first kappa shape index (κ1) is 19.2. The van der Waals surface area contributed by atoms with Crippen LogP contribution < -0.4 is 14.8 Å². The molecule has 0 aromatic heterocycles. The normalized spacial score (nSPS) is 16.5. The molecule has 27 heavy (non-hydrogen) atoms. The molecule has 6 nitrogen and oxygen atoms in total. The number of hydrogen-bond acceptors (Lipinski definition) is 4. The summed E-state index contributed by atoms with van der Waals surface area (Å²) in [6.07, 6.45) is -4.95. The molecule has 1 aliphatic heterocycles. The van der Waals surface area contributed by atoms with Crippen molar-refractivity contribution in [3.05, 3.63) is 54.1 Å². The van der Waals surface area contributed by atoms with Gasteiger partial charge in [0.25, 0.3) is 5.91 Å². The summed E-state index contributed by atoms with van der Waals surface area (Å²) in [7, 11) is -4.30. The molecular weight excluding hydrogens is 385 g/mol. The summed E-state index contributed by atoms with van der Waals surface area (Å²) < 4.78 is 67.2. The minimum Gasteiger partial charge on any atom is -0.480 e. The quantitative estimate of drug-likeness (QED) is 0.808. The van der Waals surface area contributed by atoms with E-state index in [0.717, 1.165) is 17.7 Å². The standard InChI is InChI=1S/C17H15F3N2O4S/c18-17(19,20)10-21-27(24,25)13-7-5-12(6-8-13)22-16(23)15-9-11-3-1-2-4-14(11)26-15/h1-8,15,21H,9-10H2,(H,22,23). The number of halogens is 3. The van der Waals surface area contributed by atoms with E-state index in [4.69, 9.17) is 4.74 Å². The van der Waals surface area contributed by atoms with Gasteiger partial charge in [-0.2, -0.15) is 13.2 Å². The fraction of sp³-hybridized carbons (Fsp3) is 0.235. The molecule has 0 bridgehead atoms. The third kappa shape index (κ3) is 4.77. The Bertz CT molecular complexity index is 918. The summed E-state index contributed by atoms with van der Waals surface area (Å²) in [6, 6.07) is 12.1. The zero-order chi connectivity index (χ0) is 19.7. The number of benzene rings is 2. The van der Waals surface area contributed by atoms with Gasteiger partial charge in [0.2, 0.25) is 10.0 Å². The second-order valence-electron chi connectivity index (χ2n) is 5.87. The second-order valence-corrected chi connectivity index (χ2v) is 7.64. The first-order chi connectivity index (χ1) is 12.6. The Labute approximate surface area is 153 Å². The number of amides is 1. The predicted octanol–water partition coefficient (Wildman–Crippen LogP) is 2.47. The molecule has 2 N–H and O–H groups in total. The molecule has 0 radical (unpaired) electrons. The van der Waals surface area contributed by atoms with Crippen LogP contribution in [0.4, 0.5) is 18.9 Å². The predicted molar refractivity (Wildman–Crippen MR) is 90.9 cm³/mol. The third-order valence-corrected chi connectivity index (χ3v) is 5.25. The van der Waals surface area contributed by atoms with Crippen molar-refractivity contribution in [3.63, 3.8) is 0 Å². The van der Waals surface area contributed by atoms with Gasteiger partial charge in [-0.1, -0.05) is 18.2 Å². The van der Waals surface area contributed by atoms with Gasteiger partial charge >= 0.3 is 6.18 Å². The van der Waals surface area contributed by atoms with Crippen LogP contribution in [0.2, 0.25) is 0 Å². The number of rotatable bonds is 5. The van der Waals surface area contributed by atoms with Gasteiger partial charge in [0, 0.05) is 12.1 Å². The molecule has 1 atom stereocenters. The highest BCUT2D eigenvalue weighted by Gasteiger charge is 2.30. The van der Waals surface area contributed by atoms with Gasteiger partial charge < -0.3 is 10.1 Å². The number of hydrogen-bond donors (Lipinski definition) is 2. The number of sulfonamides is 1. The first-order valence-electron chi connectivity index (χ1n) is 7.86. The van der Waals surface area contributed by atoms with Crippen LogP contribution in [-0.4, -0.2) is 33.1 Å². The maximum Gasteiger partial charge on any atom is 0.402 e. The largest absolute Gasteiger partial charge is 0.480 e. The van der Waals surface area contributed by atoms with Crippen molar-refractivity contribution < 1.29 is 31.1 Å². The van der Waals surface area contributed by atoms with Crippen LogP contribution in [0.25, 0.3) is 0 Å². The van der Waals surface area contributed by atoms with Crippen molar-refractivity contribution in [2.45, 2.75) is 23.6 Å². The molecule has 0 spiro atoms. The average molecular weight is 400 g/mol. The lowest BCUT2D eigenvalue weighted by molar-refractivity contribution is -0.122. The number of carbonyl (C=O) groups is 1. The highest BCUT2D eigenvalue weighted by molar-refractivity contribution is 7.89. The van der Waals surface area contributed by atoms with Gasteiger partial charge in [-0.15, -0.1) is 0 Å². The maximum absolute atomic E-state index is 12.3. The third-order valence-electron chi connectivity index (χ3n) is 3.83. The van der Waals surface area contributed by atoms with Gasteiger partial charge in [-0.3, -0.25) is 4.79 Å². The number of anilines is 1. The Morgan fingerprint density at radius 2 is 1.78 bits per heavy atom. The summed E-state index contributed by atoms with van der Waals surface area (Å²) in [5.41, 5.74) is 1.21. The fourth-order valence-corrected chi connectivity index (χ4v) is 3.54. The number of carbonyl (C=O) groups excluding carboxylic acids is 1. The minimum absolute atomic E-state index is 0.300. The number of nitrogens with one attached hydrogen (secondary N) is 2. The van der Waals surface area contributed by atoms with Gasteiger partial charge in [0.1, 0.15) is 12.3 Å². The van der Waals surface area contributed by atoms with Crippen LogP contribution in [-0.2, 0) is 21.2 Å². The first-order valence-corrected chi connectivity index (χ1v) is 9.34. The molecule has 1 heterocycles. The van der Waals surface area contributed by atoms with Gasteiger partial charge in [-0.25, -0.2) is 13.1 Å². The molecule has 1 amide bonds. The van der Waals surface area contributed by atoms with Crippen molar-refractivity contribution in [1.29, 1.82) is 0 Å². The van der Waals surface area contributed by atoms with E-state index in [-0.39, 0.29) is 4.90 Å². The van der Waals surface area contributed by atoms with Crippen molar-refractivity contribution >= 4 is 21.6 Å². The lowest BCUT2D eigenvalue weighted by Gasteiger charge is -2.12. The van der Waals surface area contributed by atoms with Crippen molar-refractivity contribution in [2.75, 3.05) is 11.9 Å². The van der Waals surface area contributed by atoms with Crippen molar-refractivity contribution in [2.24, 2.45) is 0 Å². The lowest BCUT2D eigenvalue weighted by atomic mass is 10.1. The molecule has 0 fully saturated rings. The second kappa shape index (κ2) is 7.20. The minimum atomic E-state index is -4.65. The fourth-order valence-electron chi connectivity index (χ4n) is 2.53. The lowest BCUT2D eigenvalue weighted by Crippen LogP contribution is -2.33. The van der Waals surface area contributed by atoms with Crippen molar-refractivity contribution in [3.8, 4) is 5.75 Å². The molecule has 2 aromatic rings. The smallest absolute Gasteiger partial charge is 0.402 e. The highest BCUT2D eigenvalue weighted by atomic mass is 32.2. The zero-order valence-electron chi connectivity index (χ0n) is 13.8. The van der Waals surface area contributed by atoms with Gasteiger partial charge in [0.15, 0.2) is 6.10 Å². The monoisotopic (exact) mass is 400 g/mol. The Morgan fingerprint density at radius 3 is 2.41 bits per heavy atom.